The lowest BCUT2D eigenvalue weighted by Gasteiger charge is -2.44. The van der Waals surface area contributed by atoms with E-state index in [1.807, 2.05) is 18.2 Å². The Balaban J connectivity index is 1.58. The fourth-order valence-corrected chi connectivity index (χ4v) is 4.50. The highest BCUT2D eigenvalue weighted by molar-refractivity contribution is 7.14. The van der Waals surface area contributed by atoms with E-state index in [0.717, 1.165) is 22.4 Å². The smallest absolute Gasteiger partial charge is 0.271 e. The second-order valence-electron chi connectivity index (χ2n) is 6.09. The van der Waals surface area contributed by atoms with Gasteiger partial charge in [0.05, 0.1) is 11.8 Å². The van der Waals surface area contributed by atoms with Crippen LogP contribution in [0.1, 0.15) is 23.3 Å². The molecule has 5 rings (SSSR count). The van der Waals surface area contributed by atoms with Crippen LogP contribution in [0.4, 0.5) is 0 Å². The van der Waals surface area contributed by atoms with Gasteiger partial charge in [0.2, 0.25) is 0 Å². The second-order valence-corrected chi connectivity index (χ2v) is 6.86. The molecule has 3 aliphatic heterocycles. The van der Waals surface area contributed by atoms with Crippen LogP contribution in [0.5, 0.6) is 5.75 Å². The molecule has 2 aromatic rings. The van der Waals surface area contributed by atoms with E-state index >= 15 is 0 Å². The van der Waals surface area contributed by atoms with E-state index in [2.05, 4.69) is 14.6 Å². The highest BCUT2D eigenvalue weighted by Gasteiger charge is 2.35. The summed E-state index contributed by atoms with van der Waals surface area (Å²) in [7, 11) is 1.64. The number of hydrogen-bond acceptors (Lipinski definition) is 5. The Morgan fingerprint density at radius 3 is 2.91 bits per heavy atom. The molecule has 4 heterocycles. The Hall–Kier alpha value is -1.66. The van der Waals surface area contributed by atoms with Gasteiger partial charge in [-0.25, -0.2) is 0 Å². The van der Waals surface area contributed by atoms with Crippen LogP contribution >= 0.6 is 11.5 Å². The third kappa shape index (κ3) is 2.27. The molecule has 3 fully saturated rings. The molecule has 0 unspecified atom stereocenters. The van der Waals surface area contributed by atoms with Crippen LogP contribution in [0, 0.1) is 5.92 Å². The van der Waals surface area contributed by atoms with E-state index in [9.17, 15) is 4.79 Å². The lowest BCUT2D eigenvalue weighted by Crippen LogP contribution is -2.57. The Morgan fingerprint density at radius 2 is 2.23 bits per heavy atom. The van der Waals surface area contributed by atoms with Crippen LogP contribution in [0.3, 0.4) is 0 Å². The number of carbonyl (C=O) groups is 1. The first kappa shape index (κ1) is 14.0. The molecule has 0 saturated carbocycles. The zero-order valence-corrected chi connectivity index (χ0v) is 13.4. The predicted molar refractivity (Wildman–Crippen MR) is 86.6 cm³/mol. The molecule has 1 atom stereocenters. The van der Waals surface area contributed by atoms with E-state index < -0.39 is 0 Å². The summed E-state index contributed by atoms with van der Waals surface area (Å²) in [4.78, 5) is 15.1. The number of amides is 1. The summed E-state index contributed by atoms with van der Waals surface area (Å²) in [6, 6.07) is 6.00. The number of piperidine rings is 3. The molecule has 1 aromatic heterocycles. The molecule has 1 N–H and O–H groups in total. The molecule has 2 bridgehead atoms. The average Bonchev–Trinajstić information content (AvgIpc) is 3.00. The molecule has 22 heavy (non-hydrogen) atoms. The summed E-state index contributed by atoms with van der Waals surface area (Å²) >= 11 is 1.32. The molecule has 5 nitrogen and oxygen atoms in total. The number of nitrogens with one attached hydrogen (secondary N) is 1. The molecule has 0 spiro atoms. The lowest BCUT2D eigenvalue weighted by atomic mass is 9.84. The van der Waals surface area contributed by atoms with Crippen molar-refractivity contribution in [3.63, 3.8) is 0 Å². The fraction of sp³-hybridized carbons (Fsp3) is 0.500. The van der Waals surface area contributed by atoms with Gasteiger partial charge < -0.3 is 15.0 Å². The first-order valence-corrected chi connectivity index (χ1v) is 8.49. The lowest BCUT2D eigenvalue weighted by molar-refractivity contribution is 0.0619. The van der Waals surface area contributed by atoms with Crippen molar-refractivity contribution in [3.8, 4) is 5.75 Å². The first-order valence-electron chi connectivity index (χ1n) is 7.72. The maximum Gasteiger partial charge on any atom is 0.271 e. The first-order chi connectivity index (χ1) is 10.8. The van der Waals surface area contributed by atoms with Gasteiger partial charge in [-0.1, -0.05) is 12.1 Å². The molecular weight excluding hydrogens is 298 g/mol. The highest BCUT2D eigenvalue weighted by Crippen LogP contribution is 2.32. The molecule has 6 heteroatoms. The number of hydrogen-bond donors (Lipinski definition) is 1. The maximum atomic E-state index is 12.6. The molecule has 0 radical (unpaired) electrons. The van der Waals surface area contributed by atoms with Gasteiger partial charge in [-0.2, -0.15) is 4.37 Å². The van der Waals surface area contributed by atoms with E-state index in [-0.39, 0.29) is 11.9 Å². The summed E-state index contributed by atoms with van der Waals surface area (Å²) in [5.41, 5.74) is 0.523. The van der Waals surface area contributed by atoms with Gasteiger partial charge in [-0.15, -0.1) is 0 Å². The molecule has 1 aromatic carbocycles. The van der Waals surface area contributed by atoms with Gasteiger partial charge >= 0.3 is 0 Å². The van der Waals surface area contributed by atoms with Crippen LogP contribution in [-0.4, -0.2) is 48.0 Å². The van der Waals surface area contributed by atoms with Gasteiger partial charge in [0.1, 0.15) is 11.4 Å². The van der Waals surface area contributed by atoms with Crippen molar-refractivity contribution in [1.82, 2.24) is 14.6 Å². The number of rotatable bonds is 3. The van der Waals surface area contributed by atoms with Gasteiger partial charge in [-0.3, -0.25) is 4.79 Å². The van der Waals surface area contributed by atoms with Crippen molar-refractivity contribution < 1.29 is 9.53 Å². The van der Waals surface area contributed by atoms with E-state index in [0.29, 0.717) is 11.6 Å². The van der Waals surface area contributed by atoms with Crippen molar-refractivity contribution in [2.45, 2.75) is 18.9 Å². The van der Waals surface area contributed by atoms with Crippen molar-refractivity contribution in [2.75, 3.05) is 26.7 Å². The number of nitrogens with zero attached hydrogens (tertiary/aromatic N) is 2. The minimum absolute atomic E-state index is 0.0572. The van der Waals surface area contributed by atoms with Crippen LogP contribution in [0.2, 0.25) is 0 Å². The number of methoxy groups -OCH3 is 1. The summed E-state index contributed by atoms with van der Waals surface area (Å²) in [5, 5.41) is 4.08. The van der Waals surface area contributed by atoms with E-state index in [1.165, 1.54) is 37.5 Å². The topological polar surface area (TPSA) is 54.5 Å². The predicted octanol–water partition coefficient (Wildman–Crippen LogP) is 2.13. The number of benzene rings is 1. The quantitative estimate of drug-likeness (QED) is 0.942. The van der Waals surface area contributed by atoms with Crippen molar-refractivity contribution in [1.29, 1.82) is 0 Å². The van der Waals surface area contributed by atoms with E-state index in [1.54, 1.807) is 7.11 Å². The standard InChI is InChI=1S/C16H19N3O2S/c1-21-13-4-2-3-11-14(18-22-15(11)13)16(20)17-12-9-19-7-5-10(12)6-8-19/h2-4,10,12H,5-9H2,1H3,(H,17,20)/t12-/m1/s1. The summed E-state index contributed by atoms with van der Waals surface area (Å²) in [5.74, 6) is 1.34. The molecule has 3 aliphatic rings. The Kier molecular flexibility index (Phi) is 3.50. The zero-order valence-electron chi connectivity index (χ0n) is 12.5. The summed E-state index contributed by atoms with van der Waals surface area (Å²) < 4.78 is 10.6. The third-order valence-corrected chi connectivity index (χ3v) is 5.75. The van der Waals surface area contributed by atoms with Crippen LogP contribution in [0.25, 0.3) is 10.1 Å². The van der Waals surface area contributed by atoms with E-state index in [4.69, 9.17) is 4.74 Å². The number of ether oxygens (including phenoxy) is 1. The van der Waals surface area contributed by atoms with Crippen LogP contribution in [-0.2, 0) is 0 Å². The highest BCUT2D eigenvalue weighted by atomic mass is 32.1. The van der Waals surface area contributed by atoms with Crippen LogP contribution in [0.15, 0.2) is 18.2 Å². The maximum absolute atomic E-state index is 12.6. The SMILES string of the molecule is COc1cccc2c(C(=O)N[C@@H]3CN4CCC3CC4)nsc12. The zero-order chi connectivity index (χ0) is 15.1. The Labute approximate surface area is 133 Å². The normalized spacial score (nSPS) is 27.0. The second kappa shape index (κ2) is 5.52. The molecule has 0 aliphatic carbocycles. The average molecular weight is 317 g/mol. The summed E-state index contributed by atoms with van der Waals surface area (Å²) in [6.45, 7) is 3.32. The number of aromatic nitrogens is 1. The van der Waals surface area contributed by atoms with Crippen molar-refractivity contribution in [2.24, 2.45) is 5.92 Å². The Bertz CT molecular complexity index is 706. The van der Waals surface area contributed by atoms with Gasteiger partial charge in [0, 0.05) is 18.0 Å². The molecule has 116 valence electrons. The van der Waals surface area contributed by atoms with Crippen LogP contribution < -0.4 is 10.1 Å². The molecular formula is C16H19N3O2S. The number of carbonyl (C=O) groups excluding carboxylic acids is 1. The molecule has 1 amide bonds. The summed E-state index contributed by atoms with van der Waals surface area (Å²) in [6.07, 6.45) is 2.38. The largest absolute Gasteiger partial charge is 0.495 e. The number of fused-ring (bicyclic) bond motifs is 4. The van der Waals surface area contributed by atoms with Crippen molar-refractivity contribution in [3.05, 3.63) is 23.9 Å². The van der Waals surface area contributed by atoms with Crippen molar-refractivity contribution >= 4 is 27.5 Å². The van der Waals surface area contributed by atoms with Gasteiger partial charge in [0.15, 0.2) is 0 Å². The minimum Gasteiger partial charge on any atom is -0.495 e. The Morgan fingerprint density at radius 1 is 1.41 bits per heavy atom. The minimum atomic E-state index is -0.0572. The monoisotopic (exact) mass is 317 g/mol. The molecule has 3 saturated heterocycles. The third-order valence-electron chi connectivity index (χ3n) is 4.87. The fourth-order valence-electron chi connectivity index (χ4n) is 3.63. The van der Waals surface area contributed by atoms with Gasteiger partial charge in [-0.05, 0) is 49.4 Å². The van der Waals surface area contributed by atoms with Gasteiger partial charge in [0.25, 0.3) is 5.91 Å².